The quantitative estimate of drug-likeness (QED) is 0.847. The van der Waals surface area contributed by atoms with Gasteiger partial charge in [0.15, 0.2) is 0 Å². The summed E-state index contributed by atoms with van der Waals surface area (Å²) in [6.45, 7) is 2.14. The molecule has 92 valence electrons. The van der Waals surface area contributed by atoms with Crippen LogP contribution in [0.3, 0.4) is 0 Å². The molecule has 0 radical (unpaired) electrons. The maximum atomic E-state index is 13.2. The maximum Gasteiger partial charge on any atom is 0.123 e. The molecule has 1 N–H and O–H groups in total. The van der Waals surface area contributed by atoms with Gasteiger partial charge in [-0.2, -0.15) is 0 Å². The van der Waals surface area contributed by atoms with Crippen molar-refractivity contribution in [2.45, 2.75) is 12.3 Å². The van der Waals surface area contributed by atoms with E-state index in [1.165, 1.54) is 18.1 Å². The predicted octanol–water partition coefficient (Wildman–Crippen LogP) is 3.57. The molecule has 1 fully saturated rings. The number of halogens is 1. The Morgan fingerprint density at radius 3 is 2.50 bits per heavy atom. The summed E-state index contributed by atoms with van der Waals surface area (Å²) in [4.78, 5) is 0. The summed E-state index contributed by atoms with van der Waals surface area (Å²) in [6.07, 6.45) is 1.19. The van der Waals surface area contributed by atoms with Crippen LogP contribution in [-0.4, -0.2) is 13.1 Å². The van der Waals surface area contributed by atoms with Gasteiger partial charge in [0.1, 0.15) is 5.82 Å². The highest BCUT2D eigenvalue weighted by Gasteiger charge is 2.16. The molecule has 2 heteroatoms. The molecule has 0 bridgehead atoms. The minimum absolute atomic E-state index is 0.180. The lowest BCUT2D eigenvalue weighted by atomic mass is 9.94. The number of hydrogen-bond donors (Lipinski definition) is 1. The van der Waals surface area contributed by atoms with Crippen LogP contribution >= 0.6 is 0 Å². The third-order valence-corrected chi connectivity index (χ3v) is 3.58. The minimum atomic E-state index is -0.180. The van der Waals surface area contributed by atoms with Crippen LogP contribution in [0.15, 0.2) is 48.5 Å². The van der Waals surface area contributed by atoms with E-state index in [-0.39, 0.29) is 5.82 Å². The van der Waals surface area contributed by atoms with E-state index in [0.717, 1.165) is 24.2 Å². The molecule has 1 heterocycles. The molecule has 18 heavy (non-hydrogen) atoms. The predicted molar refractivity (Wildman–Crippen MR) is 72.1 cm³/mol. The van der Waals surface area contributed by atoms with Gasteiger partial charge in [-0.25, -0.2) is 4.39 Å². The number of benzene rings is 2. The SMILES string of the molecule is Fc1cccc(-c2cccc(C3CCNC3)c2)c1. The Balaban J connectivity index is 1.95. The fourth-order valence-corrected chi connectivity index (χ4v) is 2.58. The number of nitrogens with one attached hydrogen (secondary N) is 1. The molecule has 0 saturated carbocycles. The van der Waals surface area contributed by atoms with Gasteiger partial charge in [0.25, 0.3) is 0 Å². The van der Waals surface area contributed by atoms with E-state index in [2.05, 4.69) is 23.5 Å². The van der Waals surface area contributed by atoms with Crippen LogP contribution < -0.4 is 5.32 Å². The fourth-order valence-electron chi connectivity index (χ4n) is 2.58. The van der Waals surface area contributed by atoms with E-state index in [4.69, 9.17) is 0 Å². The normalized spacial score (nSPS) is 19.1. The van der Waals surface area contributed by atoms with E-state index in [0.29, 0.717) is 5.92 Å². The summed E-state index contributed by atoms with van der Waals surface area (Å²) in [5.41, 5.74) is 3.39. The molecule has 1 unspecified atom stereocenters. The number of hydrogen-bond acceptors (Lipinski definition) is 1. The molecular formula is C16H16FN. The van der Waals surface area contributed by atoms with Crippen molar-refractivity contribution in [3.05, 3.63) is 59.9 Å². The minimum Gasteiger partial charge on any atom is -0.316 e. The molecule has 0 spiro atoms. The molecule has 1 aliphatic rings. The molecule has 0 aromatic heterocycles. The van der Waals surface area contributed by atoms with Crippen molar-refractivity contribution in [3.63, 3.8) is 0 Å². The second-order valence-electron chi connectivity index (χ2n) is 4.83. The standard InChI is InChI=1S/C16H16FN/c17-16-6-2-5-14(10-16)12-3-1-4-13(9-12)15-7-8-18-11-15/h1-6,9-10,15,18H,7-8,11H2. The molecule has 2 aromatic rings. The molecule has 1 aliphatic heterocycles. The van der Waals surface area contributed by atoms with Gasteiger partial charge in [0, 0.05) is 6.54 Å². The van der Waals surface area contributed by atoms with E-state index in [1.807, 2.05) is 12.1 Å². The van der Waals surface area contributed by atoms with Crippen LogP contribution in [0.5, 0.6) is 0 Å². The summed E-state index contributed by atoms with van der Waals surface area (Å²) in [7, 11) is 0. The van der Waals surface area contributed by atoms with E-state index in [1.54, 1.807) is 12.1 Å². The monoisotopic (exact) mass is 241 g/mol. The topological polar surface area (TPSA) is 12.0 Å². The van der Waals surface area contributed by atoms with Gasteiger partial charge >= 0.3 is 0 Å². The summed E-state index contributed by atoms with van der Waals surface area (Å²) in [5, 5.41) is 3.38. The third kappa shape index (κ3) is 2.29. The van der Waals surface area contributed by atoms with Crippen LogP contribution in [0.25, 0.3) is 11.1 Å². The molecule has 1 atom stereocenters. The number of rotatable bonds is 2. The van der Waals surface area contributed by atoms with Gasteiger partial charge in [0.2, 0.25) is 0 Å². The van der Waals surface area contributed by atoms with E-state index in [9.17, 15) is 4.39 Å². The summed E-state index contributed by atoms with van der Waals surface area (Å²) < 4.78 is 13.2. The molecule has 1 nitrogen and oxygen atoms in total. The van der Waals surface area contributed by atoms with Gasteiger partial charge < -0.3 is 5.32 Å². The first-order valence-electron chi connectivity index (χ1n) is 6.39. The summed E-state index contributed by atoms with van der Waals surface area (Å²) >= 11 is 0. The van der Waals surface area contributed by atoms with Gasteiger partial charge in [0.05, 0.1) is 0 Å². The smallest absolute Gasteiger partial charge is 0.123 e. The van der Waals surface area contributed by atoms with Crippen molar-refractivity contribution in [3.8, 4) is 11.1 Å². The Hall–Kier alpha value is -1.67. The Labute approximate surface area is 107 Å². The average Bonchev–Trinajstić information content (AvgIpc) is 2.93. The van der Waals surface area contributed by atoms with Crippen molar-refractivity contribution in [1.29, 1.82) is 0 Å². The van der Waals surface area contributed by atoms with Crippen molar-refractivity contribution in [2.75, 3.05) is 13.1 Å². The van der Waals surface area contributed by atoms with Crippen LogP contribution in [-0.2, 0) is 0 Å². The molecule has 0 amide bonds. The van der Waals surface area contributed by atoms with Gasteiger partial charge in [-0.05, 0) is 47.7 Å². The zero-order valence-corrected chi connectivity index (χ0v) is 10.2. The van der Waals surface area contributed by atoms with Crippen molar-refractivity contribution < 1.29 is 4.39 Å². The zero-order chi connectivity index (χ0) is 12.4. The highest BCUT2D eigenvalue weighted by Crippen LogP contribution is 2.27. The first-order valence-corrected chi connectivity index (χ1v) is 6.39. The lowest BCUT2D eigenvalue weighted by Gasteiger charge is -2.11. The highest BCUT2D eigenvalue weighted by atomic mass is 19.1. The first kappa shape index (κ1) is 11.4. The Morgan fingerprint density at radius 2 is 1.78 bits per heavy atom. The van der Waals surface area contributed by atoms with Gasteiger partial charge in [-0.3, -0.25) is 0 Å². The second kappa shape index (κ2) is 4.91. The van der Waals surface area contributed by atoms with E-state index >= 15 is 0 Å². The molecule has 1 saturated heterocycles. The van der Waals surface area contributed by atoms with Crippen LogP contribution in [0.1, 0.15) is 17.9 Å². The molecular weight excluding hydrogens is 225 g/mol. The first-order chi connectivity index (χ1) is 8.83. The van der Waals surface area contributed by atoms with Gasteiger partial charge in [-0.15, -0.1) is 0 Å². The van der Waals surface area contributed by atoms with Crippen molar-refractivity contribution >= 4 is 0 Å². The zero-order valence-electron chi connectivity index (χ0n) is 10.2. The second-order valence-corrected chi connectivity index (χ2v) is 4.83. The maximum absolute atomic E-state index is 13.2. The molecule has 3 rings (SSSR count). The van der Waals surface area contributed by atoms with Crippen LogP contribution in [0.4, 0.5) is 4.39 Å². The van der Waals surface area contributed by atoms with Crippen LogP contribution in [0.2, 0.25) is 0 Å². The lowest BCUT2D eigenvalue weighted by molar-refractivity contribution is 0.628. The van der Waals surface area contributed by atoms with Crippen LogP contribution in [0, 0.1) is 5.82 Å². The van der Waals surface area contributed by atoms with Crippen molar-refractivity contribution in [2.24, 2.45) is 0 Å². The average molecular weight is 241 g/mol. The fraction of sp³-hybridized carbons (Fsp3) is 0.250. The highest BCUT2D eigenvalue weighted by molar-refractivity contribution is 5.64. The summed E-state index contributed by atoms with van der Waals surface area (Å²) in [6, 6.07) is 15.2. The van der Waals surface area contributed by atoms with Crippen molar-refractivity contribution in [1.82, 2.24) is 5.32 Å². The molecule has 0 aliphatic carbocycles. The Kier molecular flexibility index (Phi) is 3.11. The largest absolute Gasteiger partial charge is 0.316 e. The molecule has 2 aromatic carbocycles. The van der Waals surface area contributed by atoms with Gasteiger partial charge in [-0.1, -0.05) is 36.4 Å². The Morgan fingerprint density at radius 1 is 1.00 bits per heavy atom. The van der Waals surface area contributed by atoms with E-state index < -0.39 is 0 Å². The Bertz CT molecular complexity index is 544. The third-order valence-electron chi connectivity index (χ3n) is 3.58. The lowest BCUT2D eigenvalue weighted by Crippen LogP contribution is -2.07. The summed E-state index contributed by atoms with van der Waals surface area (Å²) in [5.74, 6) is 0.416.